The van der Waals surface area contributed by atoms with Gasteiger partial charge in [-0.05, 0) is 58.0 Å². The second-order valence-electron chi connectivity index (χ2n) is 6.46. The van der Waals surface area contributed by atoms with E-state index in [-0.39, 0.29) is 12.1 Å². The van der Waals surface area contributed by atoms with Crippen molar-refractivity contribution in [2.75, 3.05) is 26.7 Å². The number of aliphatic hydroxyl groups is 1. The van der Waals surface area contributed by atoms with E-state index in [1.165, 1.54) is 38.6 Å². The van der Waals surface area contributed by atoms with E-state index in [0.717, 1.165) is 25.3 Å². The Morgan fingerprint density at radius 2 is 2.06 bits per heavy atom. The molecule has 3 nitrogen and oxygen atoms in total. The molecule has 18 heavy (non-hydrogen) atoms. The molecule has 0 aliphatic heterocycles. The van der Waals surface area contributed by atoms with Gasteiger partial charge in [0.15, 0.2) is 0 Å². The molecule has 2 unspecified atom stereocenters. The molecule has 0 spiro atoms. The summed E-state index contributed by atoms with van der Waals surface area (Å²) in [5, 5.41) is 13.3. The van der Waals surface area contributed by atoms with Crippen molar-refractivity contribution < 1.29 is 5.11 Å². The Balaban J connectivity index is 1.87. The van der Waals surface area contributed by atoms with Crippen molar-refractivity contribution in [3.05, 3.63) is 0 Å². The Morgan fingerprint density at radius 1 is 1.28 bits per heavy atom. The highest BCUT2D eigenvalue weighted by molar-refractivity contribution is 4.96. The summed E-state index contributed by atoms with van der Waals surface area (Å²) in [7, 11) is 2.28. The van der Waals surface area contributed by atoms with Crippen molar-refractivity contribution in [1.29, 1.82) is 0 Å². The van der Waals surface area contributed by atoms with Gasteiger partial charge in [0.2, 0.25) is 0 Å². The molecule has 0 amide bonds. The van der Waals surface area contributed by atoms with Crippen LogP contribution in [-0.2, 0) is 0 Å². The lowest BCUT2D eigenvalue weighted by atomic mass is 9.78. The third kappa shape index (κ3) is 3.25. The van der Waals surface area contributed by atoms with Crippen molar-refractivity contribution >= 4 is 0 Å². The predicted molar refractivity (Wildman–Crippen MR) is 75.7 cm³/mol. The lowest BCUT2D eigenvalue weighted by Gasteiger charge is -2.44. The molecule has 3 heteroatoms. The summed E-state index contributed by atoms with van der Waals surface area (Å²) in [5.74, 6) is 0.944. The highest BCUT2D eigenvalue weighted by atomic mass is 16.3. The van der Waals surface area contributed by atoms with E-state index in [2.05, 4.69) is 24.2 Å². The monoisotopic (exact) mass is 254 g/mol. The maximum absolute atomic E-state index is 9.73. The normalized spacial score (nSPS) is 33.7. The predicted octanol–water partition coefficient (Wildman–Crippen LogP) is 2.00. The molecule has 2 aliphatic carbocycles. The lowest BCUT2D eigenvalue weighted by Crippen LogP contribution is -2.55. The Kier molecular flexibility index (Phi) is 5.05. The summed E-state index contributed by atoms with van der Waals surface area (Å²) in [6, 6.07) is 0.658. The number of rotatable bonds is 6. The van der Waals surface area contributed by atoms with Gasteiger partial charge in [-0.25, -0.2) is 0 Å². The van der Waals surface area contributed by atoms with Crippen LogP contribution in [0, 0.1) is 5.92 Å². The summed E-state index contributed by atoms with van der Waals surface area (Å²) in [6.45, 7) is 4.64. The fourth-order valence-electron chi connectivity index (χ4n) is 3.67. The Morgan fingerprint density at radius 3 is 2.61 bits per heavy atom. The number of hydrogen-bond acceptors (Lipinski definition) is 3. The van der Waals surface area contributed by atoms with Crippen molar-refractivity contribution in [2.24, 2.45) is 5.92 Å². The van der Waals surface area contributed by atoms with Gasteiger partial charge in [-0.2, -0.15) is 0 Å². The summed E-state index contributed by atoms with van der Waals surface area (Å²) in [6.07, 6.45) is 9.07. The highest BCUT2D eigenvalue weighted by Gasteiger charge is 2.37. The Bertz CT molecular complexity index is 251. The van der Waals surface area contributed by atoms with Crippen molar-refractivity contribution in [2.45, 2.75) is 63.5 Å². The zero-order valence-electron chi connectivity index (χ0n) is 12.1. The average molecular weight is 254 g/mol. The van der Waals surface area contributed by atoms with Gasteiger partial charge in [0, 0.05) is 18.1 Å². The minimum absolute atomic E-state index is 0.00839. The summed E-state index contributed by atoms with van der Waals surface area (Å²) >= 11 is 0. The zero-order chi connectivity index (χ0) is 13.0. The fraction of sp³-hybridized carbons (Fsp3) is 1.00. The SMILES string of the molecule is CCNC1(CO)CCCC(N(C)CC2CCC2)C1. The molecule has 2 aliphatic rings. The molecule has 2 rings (SSSR count). The van der Waals surface area contributed by atoms with Gasteiger partial charge in [0.05, 0.1) is 6.61 Å². The van der Waals surface area contributed by atoms with Crippen LogP contribution >= 0.6 is 0 Å². The molecule has 0 aromatic carbocycles. The van der Waals surface area contributed by atoms with E-state index in [1.54, 1.807) is 0 Å². The first-order chi connectivity index (χ1) is 8.69. The molecule has 0 heterocycles. The standard InChI is InChI=1S/C15H30N2O/c1-3-16-15(12-18)9-5-8-14(10-15)17(2)11-13-6-4-7-13/h13-14,16,18H,3-12H2,1-2H3. The quantitative estimate of drug-likeness (QED) is 0.761. The Labute approximate surface area is 112 Å². The molecular weight excluding hydrogens is 224 g/mol. The molecule has 0 aromatic heterocycles. The number of nitrogens with one attached hydrogen (secondary N) is 1. The number of nitrogens with zero attached hydrogens (tertiary/aromatic N) is 1. The average Bonchev–Trinajstić information content (AvgIpc) is 2.34. The first kappa shape index (κ1) is 14.3. The first-order valence-corrected chi connectivity index (χ1v) is 7.75. The smallest absolute Gasteiger partial charge is 0.0613 e. The van der Waals surface area contributed by atoms with Crippen LogP contribution in [0.4, 0.5) is 0 Å². The number of likely N-dealkylation sites (N-methyl/N-ethyl adjacent to an activating group) is 1. The lowest BCUT2D eigenvalue weighted by molar-refractivity contribution is 0.0582. The molecular formula is C15H30N2O. The van der Waals surface area contributed by atoms with Gasteiger partial charge in [0.25, 0.3) is 0 Å². The topological polar surface area (TPSA) is 35.5 Å². The van der Waals surface area contributed by atoms with Gasteiger partial charge >= 0.3 is 0 Å². The van der Waals surface area contributed by atoms with E-state index in [4.69, 9.17) is 0 Å². The second kappa shape index (κ2) is 6.36. The molecule has 2 atom stereocenters. The third-order valence-electron chi connectivity index (χ3n) is 5.07. The molecule has 2 saturated carbocycles. The van der Waals surface area contributed by atoms with Crippen LogP contribution in [0.25, 0.3) is 0 Å². The highest BCUT2D eigenvalue weighted by Crippen LogP contribution is 2.33. The maximum Gasteiger partial charge on any atom is 0.0613 e. The molecule has 0 saturated heterocycles. The van der Waals surface area contributed by atoms with Gasteiger partial charge in [-0.15, -0.1) is 0 Å². The van der Waals surface area contributed by atoms with Crippen molar-refractivity contribution in [3.8, 4) is 0 Å². The largest absolute Gasteiger partial charge is 0.394 e. The minimum Gasteiger partial charge on any atom is -0.394 e. The number of hydrogen-bond donors (Lipinski definition) is 2. The second-order valence-corrected chi connectivity index (χ2v) is 6.46. The number of aliphatic hydroxyl groups excluding tert-OH is 1. The van der Waals surface area contributed by atoms with Crippen LogP contribution in [0.2, 0.25) is 0 Å². The van der Waals surface area contributed by atoms with Crippen LogP contribution in [0.1, 0.15) is 51.9 Å². The van der Waals surface area contributed by atoms with Crippen molar-refractivity contribution in [3.63, 3.8) is 0 Å². The van der Waals surface area contributed by atoms with E-state index in [0.29, 0.717) is 6.04 Å². The summed E-state index contributed by atoms with van der Waals surface area (Å²) in [5.41, 5.74) is -0.00839. The van der Waals surface area contributed by atoms with Crippen LogP contribution in [-0.4, -0.2) is 48.3 Å². The molecule has 0 aromatic rings. The van der Waals surface area contributed by atoms with E-state index >= 15 is 0 Å². The molecule has 0 bridgehead atoms. The molecule has 2 fully saturated rings. The van der Waals surface area contributed by atoms with Gasteiger partial charge in [-0.3, -0.25) is 0 Å². The summed E-state index contributed by atoms with van der Waals surface area (Å²) in [4.78, 5) is 2.56. The fourth-order valence-corrected chi connectivity index (χ4v) is 3.67. The van der Waals surface area contributed by atoms with Gasteiger partial charge in [-0.1, -0.05) is 13.3 Å². The van der Waals surface area contributed by atoms with E-state index in [1.807, 2.05) is 0 Å². The zero-order valence-corrected chi connectivity index (χ0v) is 12.1. The molecule has 0 radical (unpaired) electrons. The van der Waals surface area contributed by atoms with Gasteiger partial charge < -0.3 is 15.3 Å². The van der Waals surface area contributed by atoms with Crippen LogP contribution in [0.3, 0.4) is 0 Å². The van der Waals surface area contributed by atoms with Crippen LogP contribution < -0.4 is 5.32 Å². The first-order valence-electron chi connectivity index (χ1n) is 7.75. The minimum atomic E-state index is -0.00839. The van der Waals surface area contributed by atoms with Crippen molar-refractivity contribution in [1.82, 2.24) is 10.2 Å². The van der Waals surface area contributed by atoms with E-state index in [9.17, 15) is 5.11 Å². The molecule has 106 valence electrons. The Hall–Kier alpha value is -0.120. The maximum atomic E-state index is 9.73. The third-order valence-corrected chi connectivity index (χ3v) is 5.07. The molecule has 2 N–H and O–H groups in total. The van der Waals surface area contributed by atoms with Crippen LogP contribution in [0.15, 0.2) is 0 Å². The summed E-state index contributed by atoms with van der Waals surface area (Å²) < 4.78 is 0. The van der Waals surface area contributed by atoms with Crippen LogP contribution in [0.5, 0.6) is 0 Å². The van der Waals surface area contributed by atoms with Gasteiger partial charge in [0.1, 0.15) is 0 Å². The van der Waals surface area contributed by atoms with E-state index < -0.39 is 0 Å².